The molecule has 6 nitrogen and oxygen atoms in total. The van der Waals surface area contributed by atoms with Crippen molar-refractivity contribution in [3.8, 4) is 0 Å². The third-order valence-electron chi connectivity index (χ3n) is 1.22. The fourth-order valence-corrected chi connectivity index (χ4v) is 0.906. The minimum Gasteiger partial charge on any atom is -0.394 e. The highest BCUT2D eigenvalue weighted by atomic mass is 31.2. The second-order valence-corrected chi connectivity index (χ2v) is 3.31. The Labute approximate surface area is 84.2 Å². The van der Waals surface area contributed by atoms with E-state index in [4.69, 9.17) is 15.5 Å². The number of amides is 1. The van der Waals surface area contributed by atoms with Gasteiger partial charge in [0.1, 0.15) is 0 Å². The van der Waals surface area contributed by atoms with E-state index in [2.05, 4.69) is 4.52 Å². The molecule has 0 bridgehead atoms. The zero-order valence-electron chi connectivity index (χ0n) is 7.36. The van der Waals surface area contributed by atoms with Crippen LogP contribution < -0.4 is 10.8 Å². The molecule has 1 amide bonds. The second kappa shape index (κ2) is 6.19. The average Bonchev–Trinajstić information content (AvgIpc) is 2.09. The number of hydrogen-bond acceptors (Lipinski definition) is 5. The van der Waals surface area contributed by atoms with Gasteiger partial charge < -0.3 is 19.8 Å². The molecule has 0 heterocycles. The number of aliphatic hydroxyl groups is 1. The number of hydrogen-bond donors (Lipinski definition) is 4. The number of carbonyl (C=O) groups excluding carboxylic acids is 1. The zero-order valence-corrected chi connectivity index (χ0v) is 8.26. The monoisotopic (exact) mass is 250 g/mol. The third kappa shape index (κ3) is 6.58. The van der Waals surface area contributed by atoms with Crippen LogP contribution in [-0.4, -0.2) is 41.3 Å². The number of carbonyl (C=O) groups is 1. The van der Waals surface area contributed by atoms with Crippen molar-refractivity contribution in [1.82, 2.24) is 5.32 Å². The van der Waals surface area contributed by atoms with Gasteiger partial charge in [-0.1, -0.05) is 0 Å². The van der Waals surface area contributed by atoms with E-state index in [0.29, 0.717) is 0 Å². The summed E-state index contributed by atoms with van der Waals surface area (Å²) in [5, 5.41) is 10.0. The molecule has 0 saturated heterocycles. The molecule has 0 fully saturated rings. The van der Waals surface area contributed by atoms with Gasteiger partial charge in [-0.05, 0) is 0 Å². The van der Waals surface area contributed by atoms with Gasteiger partial charge >= 0.3 is 12.1 Å². The number of alkyl halides is 3. The van der Waals surface area contributed by atoms with Crippen LogP contribution >= 0.6 is 8.53 Å². The fraction of sp³-hybridized carbons (Fsp3) is 0.800. The molecule has 0 aliphatic carbocycles. The van der Waals surface area contributed by atoms with Crippen LogP contribution in [0.4, 0.5) is 13.2 Å². The maximum Gasteiger partial charge on any atom is 0.471 e. The molecule has 0 saturated carbocycles. The molecule has 0 radical (unpaired) electrons. The lowest BCUT2D eigenvalue weighted by Crippen LogP contribution is -2.46. The lowest BCUT2D eigenvalue weighted by Gasteiger charge is -2.17. The Kier molecular flexibility index (Phi) is 5.99. The first-order valence-corrected chi connectivity index (χ1v) is 4.90. The van der Waals surface area contributed by atoms with Crippen molar-refractivity contribution in [3.05, 3.63) is 0 Å². The molecule has 5 N–H and O–H groups in total. The molecule has 0 aromatic carbocycles. The molecule has 0 aliphatic heterocycles. The van der Waals surface area contributed by atoms with Crippen LogP contribution in [-0.2, 0) is 9.32 Å². The number of nitrogens with one attached hydrogen (secondary N) is 1. The van der Waals surface area contributed by atoms with Crippen molar-refractivity contribution in [2.45, 2.75) is 12.2 Å². The average molecular weight is 250 g/mol. The van der Waals surface area contributed by atoms with Crippen molar-refractivity contribution in [2.24, 2.45) is 5.50 Å². The van der Waals surface area contributed by atoms with Crippen molar-refractivity contribution in [2.75, 3.05) is 13.2 Å². The molecular weight excluding hydrogens is 240 g/mol. The van der Waals surface area contributed by atoms with Gasteiger partial charge in [-0.25, -0.2) is 0 Å². The smallest absolute Gasteiger partial charge is 0.394 e. The van der Waals surface area contributed by atoms with Gasteiger partial charge in [0.15, 0.2) is 0 Å². The van der Waals surface area contributed by atoms with Crippen molar-refractivity contribution in [1.29, 1.82) is 0 Å². The van der Waals surface area contributed by atoms with Crippen LogP contribution in [0.2, 0.25) is 0 Å². The SMILES string of the molecule is NP(O)OCC(CO)NC(=O)C(F)(F)F. The molecule has 0 aromatic rings. The van der Waals surface area contributed by atoms with E-state index in [1.165, 1.54) is 5.32 Å². The quantitative estimate of drug-likeness (QED) is 0.479. The molecule has 10 heteroatoms. The van der Waals surface area contributed by atoms with E-state index < -0.39 is 39.9 Å². The van der Waals surface area contributed by atoms with Crippen LogP contribution in [0, 0.1) is 0 Å². The van der Waals surface area contributed by atoms with E-state index in [1.807, 2.05) is 0 Å². The highest BCUT2D eigenvalue weighted by molar-refractivity contribution is 7.43. The Morgan fingerprint density at radius 2 is 2.13 bits per heavy atom. The van der Waals surface area contributed by atoms with Crippen molar-refractivity contribution >= 4 is 14.4 Å². The summed E-state index contributed by atoms with van der Waals surface area (Å²) < 4.78 is 39.6. The lowest BCUT2D eigenvalue weighted by molar-refractivity contribution is -0.174. The molecule has 0 spiro atoms. The summed E-state index contributed by atoms with van der Waals surface area (Å²) in [7, 11) is -2.24. The van der Waals surface area contributed by atoms with E-state index in [0.717, 1.165) is 0 Å². The molecule has 15 heavy (non-hydrogen) atoms. The minimum absolute atomic E-state index is 0.503. The summed E-state index contributed by atoms with van der Waals surface area (Å²) in [6.45, 7) is -1.26. The number of halogens is 3. The Balaban J connectivity index is 4.05. The topological polar surface area (TPSA) is 105 Å². The number of rotatable bonds is 5. The predicted molar refractivity (Wildman–Crippen MR) is 44.3 cm³/mol. The minimum atomic E-state index is -5.03. The maximum atomic E-state index is 11.7. The Bertz CT molecular complexity index is 213. The first-order chi connectivity index (χ1) is 6.77. The summed E-state index contributed by atoms with van der Waals surface area (Å²) in [6.07, 6.45) is -5.03. The standard InChI is InChI=1S/C5H10F3N2O4P/c6-5(7,8)4(12)10-3(1-11)2-14-15(9)13/h3,11,13H,1-2,9H2,(H,10,12). The van der Waals surface area contributed by atoms with Gasteiger partial charge in [0.2, 0.25) is 8.53 Å². The number of nitrogens with two attached hydrogens (primary N) is 1. The summed E-state index contributed by atoms with van der Waals surface area (Å²) in [5.41, 5.74) is 4.79. The molecule has 0 aromatic heterocycles. The van der Waals surface area contributed by atoms with E-state index in [-0.39, 0.29) is 0 Å². The molecule has 0 rings (SSSR count). The Morgan fingerprint density at radius 1 is 1.60 bits per heavy atom. The Hall–Kier alpha value is -0.470. The van der Waals surface area contributed by atoms with Crippen LogP contribution in [0.25, 0.3) is 0 Å². The first kappa shape index (κ1) is 14.5. The molecular formula is C5H10F3N2O4P. The first-order valence-electron chi connectivity index (χ1n) is 3.62. The van der Waals surface area contributed by atoms with Gasteiger partial charge in [-0.15, -0.1) is 0 Å². The van der Waals surface area contributed by atoms with Gasteiger partial charge in [0, 0.05) is 0 Å². The second-order valence-electron chi connectivity index (χ2n) is 2.45. The van der Waals surface area contributed by atoms with Crippen LogP contribution in [0.1, 0.15) is 0 Å². The van der Waals surface area contributed by atoms with Crippen LogP contribution in [0.15, 0.2) is 0 Å². The fourth-order valence-electron chi connectivity index (χ4n) is 0.574. The van der Waals surface area contributed by atoms with Crippen molar-refractivity contribution < 1.29 is 32.5 Å². The van der Waals surface area contributed by atoms with Gasteiger partial charge in [-0.2, -0.15) is 13.2 Å². The van der Waals surface area contributed by atoms with E-state index in [1.54, 1.807) is 0 Å². The normalized spacial score (nSPS) is 15.9. The summed E-state index contributed by atoms with van der Waals surface area (Å²) in [5.74, 6) is -2.19. The van der Waals surface area contributed by atoms with Crippen molar-refractivity contribution in [3.63, 3.8) is 0 Å². The maximum absolute atomic E-state index is 11.7. The van der Waals surface area contributed by atoms with E-state index >= 15 is 0 Å². The lowest BCUT2D eigenvalue weighted by atomic mass is 10.3. The van der Waals surface area contributed by atoms with Crippen LogP contribution in [0.3, 0.4) is 0 Å². The predicted octanol–water partition coefficient (Wildman–Crippen LogP) is -0.780. The van der Waals surface area contributed by atoms with Gasteiger partial charge in [0.05, 0.1) is 19.3 Å². The van der Waals surface area contributed by atoms with Crippen LogP contribution in [0.5, 0.6) is 0 Å². The van der Waals surface area contributed by atoms with Gasteiger partial charge in [0.25, 0.3) is 0 Å². The highest BCUT2D eigenvalue weighted by Gasteiger charge is 2.39. The summed E-state index contributed by atoms with van der Waals surface area (Å²) >= 11 is 0. The van der Waals surface area contributed by atoms with Gasteiger partial charge in [-0.3, -0.25) is 10.3 Å². The zero-order chi connectivity index (χ0) is 12.1. The largest absolute Gasteiger partial charge is 0.471 e. The molecule has 2 unspecified atom stereocenters. The molecule has 2 atom stereocenters. The number of aliphatic hydroxyl groups excluding tert-OH is 1. The third-order valence-corrected chi connectivity index (χ3v) is 1.63. The molecule has 90 valence electrons. The summed E-state index contributed by atoms with van der Waals surface area (Å²) in [4.78, 5) is 18.9. The summed E-state index contributed by atoms with van der Waals surface area (Å²) in [6, 6.07) is -1.26. The highest BCUT2D eigenvalue weighted by Crippen LogP contribution is 2.19. The van der Waals surface area contributed by atoms with E-state index in [9.17, 15) is 18.0 Å². The Morgan fingerprint density at radius 3 is 2.47 bits per heavy atom. The molecule has 0 aliphatic rings.